The largest absolute Gasteiger partial charge is 0.387 e. The molecule has 1 saturated heterocycles. The van der Waals surface area contributed by atoms with E-state index in [9.17, 15) is 0 Å². The predicted molar refractivity (Wildman–Crippen MR) is 73.9 cm³/mol. The molecule has 0 aliphatic carbocycles. The number of nitrogens with one attached hydrogen (secondary N) is 1. The molecule has 1 aliphatic heterocycles. The van der Waals surface area contributed by atoms with Gasteiger partial charge in [-0.2, -0.15) is 0 Å². The molecule has 0 spiro atoms. The molecule has 2 rings (SSSR count). The number of piperidine rings is 1. The minimum absolute atomic E-state index is 0.0937. The Balaban J connectivity index is 1.89. The molecular formula is C12H18ClN3S. The first-order valence-corrected chi connectivity index (χ1v) is 7.00. The summed E-state index contributed by atoms with van der Waals surface area (Å²) in [5.41, 5.74) is 5.56. The molecule has 0 atom stereocenters. The molecule has 1 aromatic heterocycles. The van der Waals surface area contributed by atoms with Crippen LogP contribution in [0.15, 0.2) is 12.1 Å². The van der Waals surface area contributed by atoms with E-state index in [0.29, 0.717) is 5.84 Å². The van der Waals surface area contributed by atoms with Crippen LogP contribution in [-0.2, 0) is 6.54 Å². The van der Waals surface area contributed by atoms with Crippen LogP contribution >= 0.6 is 22.9 Å². The molecule has 0 bridgehead atoms. The first-order valence-electron chi connectivity index (χ1n) is 5.81. The average Bonchev–Trinajstić information content (AvgIpc) is 2.67. The number of amidine groups is 1. The van der Waals surface area contributed by atoms with E-state index in [-0.39, 0.29) is 5.41 Å². The second kappa shape index (κ2) is 4.96. The highest BCUT2D eigenvalue weighted by Gasteiger charge is 2.32. The van der Waals surface area contributed by atoms with E-state index in [1.165, 1.54) is 4.88 Å². The highest BCUT2D eigenvalue weighted by molar-refractivity contribution is 7.16. The number of nitrogens with two attached hydrogens (primary N) is 1. The summed E-state index contributed by atoms with van der Waals surface area (Å²) in [5.74, 6) is 0.330. The summed E-state index contributed by atoms with van der Waals surface area (Å²) in [6.07, 6.45) is 1.95. The molecule has 1 fully saturated rings. The summed E-state index contributed by atoms with van der Waals surface area (Å²) in [7, 11) is 0. The lowest BCUT2D eigenvalue weighted by Crippen LogP contribution is -2.44. The zero-order valence-electron chi connectivity index (χ0n) is 10.0. The van der Waals surface area contributed by atoms with Gasteiger partial charge in [-0.15, -0.1) is 11.3 Å². The van der Waals surface area contributed by atoms with Gasteiger partial charge in [-0.3, -0.25) is 10.3 Å². The molecule has 0 radical (unpaired) electrons. The normalized spacial score (nSPS) is 20.4. The maximum Gasteiger partial charge on any atom is 0.0966 e. The van der Waals surface area contributed by atoms with Gasteiger partial charge in [0.1, 0.15) is 0 Å². The van der Waals surface area contributed by atoms with Crippen molar-refractivity contribution in [2.45, 2.75) is 26.3 Å². The lowest BCUT2D eigenvalue weighted by Gasteiger charge is -2.38. The number of hydrogen-bond acceptors (Lipinski definition) is 3. The van der Waals surface area contributed by atoms with Gasteiger partial charge >= 0.3 is 0 Å². The standard InChI is InChI=1S/C12H18ClN3S/c1-12(11(14)15)4-6-16(7-5-12)8-9-2-3-10(13)17-9/h2-3H,4-8H2,1H3,(H3,14,15). The number of rotatable bonds is 3. The maximum absolute atomic E-state index is 7.62. The number of thiophene rings is 1. The fraction of sp³-hybridized carbons (Fsp3) is 0.583. The Morgan fingerprint density at radius 3 is 2.65 bits per heavy atom. The number of halogens is 1. The number of likely N-dealkylation sites (tertiary alicyclic amines) is 1. The number of nitrogens with zero attached hydrogens (tertiary/aromatic N) is 1. The molecule has 0 unspecified atom stereocenters. The van der Waals surface area contributed by atoms with Crippen LogP contribution in [0.1, 0.15) is 24.6 Å². The Hall–Kier alpha value is -0.580. The summed E-state index contributed by atoms with van der Waals surface area (Å²) >= 11 is 7.56. The van der Waals surface area contributed by atoms with Crippen molar-refractivity contribution in [3.63, 3.8) is 0 Å². The maximum atomic E-state index is 7.62. The first-order chi connectivity index (χ1) is 7.99. The van der Waals surface area contributed by atoms with E-state index in [2.05, 4.69) is 17.9 Å². The van der Waals surface area contributed by atoms with Gasteiger partial charge in [0.2, 0.25) is 0 Å². The van der Waals surface area contributed by atoms with Crippen LogP contribution in [0.25, 0.3) is 0 Å². The zero-order valence-corrected chi connectivity index (χ0v) is 11.6. The quantitative estimate of drug-likeness (QED) is 0.656. The smallest absolute Gasteiger partial charge is 0.0966 e. The van der Waals surface area contributed by atoms with Gasteiger partial charge < -0.3 is 5.73 Å². The molecule has 0 aromatic carbocycles. The van der Waals surface area contributed by atoms with Gasteiger partial charge in [0.15, 0.2) is 0 Å². The molecule has 1 aliphatic rings. The molecule has 94 valence electrons. The first kappa shape index (κ1) is 12.9. The third kappa shape index (κ3) is 3.00. The molecule has 1 aromatic rings. The van der Waals surface area contributed by atoms with Crippen LogP contribution in [0.3, 0.4) is 0 Å². The summed E-state index contributed by atoms with van der Waals surface area (Å²) < 4.78 is 0.852. The van der Waals surface area contributed by atoms with Crippen LogP contribution in [0.5, 0.6) is 0 Å². The number of hydrogen-bond donors (Lipinski definition) is 2. The second-order valence-corrected chi connectivity index (χ2v) is 6.76. The van der Waals surface area contributed by atoms with Gasteiger partial charge in [-0.25, -0.2) is 0 Å². The SMILES string of the molecule is CC1(C(=N)N)CCN(Cc2ccc(Cl)s2)CC1. The van der Waals surface area contributed by atoms with Crippen molar-refractivity contribution >= 4 is 28.8 Å². The van der Waals surface area contributed by atoms with Gasteiger partial charge in [-0.05, 0) is 38.1 Å². The Labute approximate surface area is 111 Å². The lowest BCUT2D eigenvalue weighted by atomic mass is 9.79. The van der Waals surface area contributed by atoms with E-state index in [0.717, 1.165) is 36.8 Å². The molecule has 17 heavy (non-hydrogen) atoms. The fourth-order valence-corrected chi connectivity index (χ4v) is 3.26. The summed E-state index contributed by atoms with van der Waals surface area (Å²) in [6.45, 7) is 5.07. The van der Waals surface area contributed by atoms with E-state index in [4.69, 9.17) is 22.7 Å². The Morgan fingerprint density at radius 1 is 1.53 bits per heavy atom. The van der Waals surface area contributed by atoms with E-state index < -0.39 is 0 Å². The molecule has 3 N–H and O–H groups in total. The van der Waals surface area contributed by atoms with Crippen molar-refractivity contribution in [2.24, 2.45) is 11.1 Å². The Kier molecular flexibility index (Phi) is 3.76. The van der Waals surface area contributed by atoms with Gasteiger partial charge in [0.25, 0.3) is 0 Å². The topological polar surface area (TPSA) is 53.1 Å². The zero-order chi connectivity index (χ0) is 12.5. The van der Waals surface area contributed by atoms with Crippen molar-refractivity contribution in [1.82, 2.24) is 4.90 Å². The molecule has 3 nitrogen and oxygen atoms in total. The van der Waals surface area contributed by atoms with Crippen LogP contribution in [0.4, 0.5) is 0 Å². The summed E-state index contributed by atoms with van der Waals surface area (Å²) in [6, 6.07) is 4.04. The monoisotopic (exact) mass is 271 g/mol. The van der Waals surface area contributed by atoms with Gasteiger partial charge in [-0.1, -0.05) is 18.5 Å². The van der Waals surface area contributed by atoms with Crippen molar-refractivity contribution in [3.05, 3.63) is 21.3 Å². The minimum atomic E-state index is -0.0937. The van der Waals surface area contributed by atoms with Crippen LogP contribution < -0.4 is 5.73 Å². The highest BCUT2D eigenvalue weighted by Crippen LogP contribution is 2.32. The predicted octanol–water partition coefficient (Wildman–Crippen LogP) is 2.94. The van der Waals surface area contributed by atoms with Gasteiger partial charge in [0, 0.05) is 16.8 Å². The van der Waals surface area contributed by atoms with Crippen LogP contribution in [0.2, 0.25) is 4.34 Å². The third-order valence-corrected chi connectivity index (χ3v) is 4.83. The summed E-state index contributed by atoms with van der Waals surface area (Å²) in [4.78, 5) is 3.72. The second-order valence-electron chi connectivity index (χ2n) is 4.96. The molecular weight excluding hydrogens is 254 g/mol. The van der Waals surface area contributed by atoms with E-state index >= 15 is 0 Å². The van der Waals surface area contributed by atoms with Crippen molar-refractivity contribution < 1.29 is 0 Å². The summed E-state index contributed by atoms with van der Waals surface area (Å²) in [5, 5.41) is 7.62. The van der Waals surface area contributed by atoms with Gasteiger partial charge in [0.05, 0.1) is 10.2 Å². The Bertz CT molecular complexity index is 408. The average molecular weight is 272 g/mol. The minimum Gasteiger partial charge on any atom is -0.387 e. The van der Waals surface area contributed by atoms with Crippen LogP contribution in [0, 0.1) is 10.8 Å². The van der Waals surface area contributed by atoms with Crippen molar-refractivity contribution in [3.8, 4) is 0 Å². The van der Waals surface area contributed by atoms with Crippen LogP contribution in [-0.4, -0.2) is 23.8 Å². The van der Waals surface area contributed by atoms with E-state index in [1.54, 1.807) is 11.3 Å². The molecule has 0 saturated carbocycles. The molecule has 5 heteroatoms. The fourth-order valence-electron chi connectivity index (χ4n) is 2.13. The lowest BCUT2D eigenvalue weighted by molar-refractivity contribution is 0.157. The van der Waals surface area contributed by atoms with Crippen molar-refractivity contribution in [1.29, 1.82) is 5.41 Å². The third-order valence-electron chi connectivity index (χ3n) is 3.62. The molecule has 0 amide bonds. The van der Waals surface area contributed by atoms with E-state index in [1.807, 2.05) is 6.07 Å². The van der Waals surface area contributed by atoms with Crippen molar-refractivity contribution in [2.75, 3.05) is 13.1 Å². The molecule has 2 heterocycles. The Morgan fingerprint density at radius 2 is 2.18 bits per heavy atom. The highest BCUT2D eigenvalue weighted by atomic mass is 35.5.